The van der Waals surface area contributed by atoms with Crippen LogP contribution in [0.3, 0.4) is 0 Å². The molecule has 1 N–H and O–H groups in total. The van der Waals surface area contributed by atoms with Gasteiger partial charge in [-0.15, -0.1) is 0 Å². The van der Waals surface area contributed by atoms with Gasteiger partial charge in [0.05, 0.1) is 23.9 Å². The average molecular weight is 363 g/mol. The lowest BCUT2D eigenvalue weighted by Gasteiger charge is -2.23. The van der Waals surface area contributed by atoms with E-state index in [0.717, 1.165) is 60.6 Å². The van der Waals surface area contributed by atoms with Crippen molar-refractivity contribution in [3.05, 3.63) is 81.2 Å². The van der Waals surface area contributed by atoms with Gasteiger partial charge in [-0.2, -0.15) is 0 Å². The molecule has 1 aromatic carbocycles. The molecule has 0 saturated heterocycles. The number of hydrogen-bond donors (Lipinski definition) is 1. The normalized spacial score (nSPS) is 16.3. The van der Waals surface area contributed by atoms with Gasteiger partial charge >= 0.3 is 0 Å². The van der Waals surface area contributed by atoms with E-state index in [1.807, 2.05) is 22.8 Å². The van der Waals surface area contributed by atoms with Crippen molar-refractivity contribution in [2.24, 2.45) is 0 Å². The monoisotopic (exact) mass is 363 g/mol. The highest BCUT2D eigenvalue weighted by molar-refractivity contribution is 5.73. The predicted octanol–water partition coefficient (Wildman–Crippen LogP) is 2.84. The first-order valence-corrected chi connectivity index (χ1v) is 9.59. The zero-order chi connectivity index (χ0) is 18.6. The van der Waals surface area contributed by atoms with E-state index >= 15 is 0 Å². The highest BCUT2D eigenvalue weighted by Gasteiger charge is 2.23. The van der Waals surface area contributed by atoms with Crippen molar-refractivity contribution in [3.8, 4) is 0 Å². The van der Waals surface area contributed by atoms with Crippen molar-refractivity contribution in [3.63, 3.8) is 0 Å². The predicted molar refractivity (Wildman–Crippen MR) is 106 cm³/mol. The van der Waals surface area contributed by atoms with Crippen molar-refractivity contribution < 1.29 is 4.74 Å². The van der Waals surface area contributed by atoms with Gasteiger partial charge in [0.2, 0.25) is 0 Å². The lowest BCUT2D eigenvalue weighted by Crippen LogP contribution is -2.37. The molecular weight excluding hydrogens is 338 g/mol. The number of nitrogens with zero attached hydrogens (tertiary/aromatic N) is 2. The number of aromatic nitrogens is 2. The molecule has 0 atom stereocenters. The molecule has 5 heteroatoms. The molecule has 0 bridgehead atoms. The van der Waals surface area contributed by atoms with Crippen LogP contribution < -0.4 is 10.9 Å². The van der Waals surface area contributed by atoms with Gasteiger partial charge in [0.25, 0.3) is 5.56 Å². The number of allylic oxidation sites excluding steroid dienone is 4. The highest BCUT2D eigenvalue weighted by Crippen LogP contribution is 2.27. The molecular formula is C22H25N3O2. The van der Waals surface area contributed by atoms with Gasteiger partial charge in [-0.1, -0.05) is 42.5 Å². The summed E-state index contributed by atoms with van der Waals surface area (Å²) in [6, 6.07) is 10.3. The van der Waals surface area contributed by atoms with Crippen LogP contribution in [0.1, 0.15) is 35.5 Å². The number of fused-ring (bicyclic) bond motifs is 1. The third-order valence-electron chi connectivity index (χ3n) is 5.27. The van der Waals surface area contributed by atoms with Gasteiger partial charge in [-0.3, -0.25) is 9.36 Å². The lowest BCUT2D eigenvalue weighted by atomic mass is 10.0. The number of ether oxygens (including phenoxy) is 1. The molecule has 1 aliphatic carbocycles. The van der Waals surface area contributed by atoms with E-state index in [2.05, 4.69) is 29.6 Å². The molecule has 2 aliphatic rings. The zero-order valence-corrected chi connectivity index (χ0v) is 15.7. The third kappa shape index (κ3) is 3.60. The average Bonchev–Trinajstić information content (AvgIpc) is 2.73. The smallest absolute Gasteiger partial charge is 0.258 e. The molecule has 2 heterocycles. The fraction of sp³-hybridized carbons (Fsp3) is 0.364. The topological polar surface area (TPSA) is 56.1 Å². The van der Waals surface area contributed by atoms with Crippen molar-refractivity contribution >= 4 is 5.57 Å². The number of rotatable bonds is 5. The molecule has 1 aliphatic heterocycles. The second kappa shape index (κ2) is 7.92. The van der Waals surface area contributed by atoms with Crippen molar-refractivity contribution in [2.45, 2.75) is 38.8 Å². The highest BCUT2D eigenvalue weighted by atomic mass is 16.5. The van der Waals surface area contributed by atoms with Crippen LogP contribution in [0.4, 0.5) is 0 Å². The van der Waals surface area contributed by atoms with Crippen LogP contribution in [-0.4, -0.2) is 23.2 Å². The van der Waals surface area contributed by atoms with Gasteiger partial charge in [0.15, 0.2) is 0 Å². The summed E-state index contributed by atoms with van der Waals surface area (Å²) in [6.07, 6.45) is 7.56. The summed E-state index contributed by atoms with van der Waals surface area (Å²) in [5.41, 5.74) is 3.95. The van der Waals surface area contributed by atoms with Crippen LogP contribution in [0.2, 0.25) is 0 Å². The summed E-state index contributed by atoms with van der Waals surface area (Å²) >= 11 is 0. The maximum atomic E-state index is 13.3. The van der Waals surface area contributed by atoms with E-state index in [1.54, 1.807) is 7.11 Å². The Morgan fingerprint density at radius 2 is 2.07 bits per heavy atom. The maximum Gasteiger partial charge on any atom is 0.258 e. The molecule has 0 spiro atoms. The minimum atomic E-state index is 0.0695. The van der Waals surface area contributed by atoms with Crippen molar-refractivity contribution in [1.29, 1.82) is 0 Å². The molecule has 4 rings (SSSR count). The Labute approximate surface area is 159 Å². The minimum absolute atomic E-state index is 0.0695. The number of aryl methyl sites for hydroxylation is 1. The number of nitrogens with one attached hydrogen (secondary N) is 1. The molecule has 1 aromatic heterocycles. The summed E-state index contributed by atoms with van der Waals surface area (Å²) < 4.78 is 7.46. The van der Waals surface area contributed by atoms with Crippen molar-refractivity contribution in [1.82, 2.24) is 14.9 Å². The Morgan fingerprint density at radius 3 is 2.89 bits per heavy atom. The van der Waals surface area contributed by atoms with E-state index in [4.69, 9.17) is 9.72 Å². The van der Waals surface area contributed by atoms with Crippen LogP contribution in [0, 0.1) is 0 Å². The molecule has 0 saturated carbocycles. The van der Waals surface area contributed by atoms with Crippen molar-refractivity contribution in [2.75, 3.05) is 13.7 Å². The number of benzene rings is 1. The minimum Gasteiger partial charge on any atom is -0.500 e. The fourth-order valence-electron chi connectivity index (χ4n) is 3.80. The molecule has 0 radical (unpaired) electrons. The molecule has 5 nitrogen and oxygen atoms in total. The Balaban J connectivity index is 1.81. The van der Waals surface area contributed by atoms with Gasteiger partial charge < -0.3 is 10.1 Å². The van der Waals surface area contributed by atoms with Gasteiger partial charge in [-0.05, 0) is 18.4 Å². The second-order valence-corrected chi connectivity index (χ2v) is 6.96. The summed E-state index contributed by atoms with van der Waals surface area (Å²) in [5, 5.41) is 3.30. The number of methoxy groups -OCH3 is 1. The van der Waals surface area contributed by atoms with E-state index in [1.165, 1.54) is 5.56 Å². The van der Waals surface area contributed by atoms with Crippen LogP contribution in [-0.2, 0) is 30.7 Å². The van der Waals surface area contributed by atoms with E-state index in [9.17, 15) is 4.79 Å². The first-order chi connectivity index (χ1) is 13.3. The molecule has 0 fully saturated rings. The summed E-state index contributed by atoms with van der Waals surface area (Å²) in [5.74, 6) is 1.65. The van der Waals surface area contributed by atoms with Gasteiger partial charge in [-0.25, -0.2) is 4.98 Å². The van der Waals surface area contributed by atoms with Crippen LogP contribution in [0.5, 0.6) is 0 Å². The van der Waals surface area contributed by atoms with E-state index < -0.39 is 0 Å². The lowest BCUT2D eigenvalue weighted by molar-refractivity contribution is 0.279. The standard InChI is InChI=1S/C22H25N3O2/c1-27-20-10-6-5-9-17(20)21-24-19-11-13-23-15-18(19)22(26)25(21)14-12-16-7-3-2-4-8-16/h2-5,7-9,23H,6,10-15H2,1H3. The SMILES string of the molecule is COC1=C(c2nc3c(c(=O)n2CCc2ccccc2)CNCC3)C=CCC1. The maximum absolute atomic E-state index is 13.3. The fourth-order valence-corrected chi connectivity index (χ4v) is 3.80. The second-order valence-electron chi connectivity index (χ2n) is 6.96. The Kier molecular flexibility index (Phi) is 5.21. The van der Waals surface area contributed by atoms with Crippen LogP contribution >= 0.6 is 0 Å². The molecule has 0 amide bonds. The van der Waals surface area contributed by atoms with Gasteiger partial charge in [0.1, 0.15) is 11.6 Å². The Hall–Kier alpha value is -2.66. The first kappa shape index (κ1) is 17.7. The molecule has 140 valence electrons. The van der Waals surface area contributed by atoms with E-state index in [-0.39, 0.29) is 5.56 Å². The van der Waals surface area contributed by atoms with Crippen LogP contribution in [0.25, 0.3) is 5.57 Å². The first-order valence-electron chi connectivity index (χ1n) is 9.59. The van der Waals surface area contributed by atoms with E-state index in [0.29, 0.717) is 13.1 Å². The summed E-state index contributed by atoms with van der Waals surface area (Å²) in [6.45, 7) is 2.06. The van der Waals surface area contributed by atoms with Gasteiger partial charge in [0, 0.05) is 32.5 Å². The largest absolute Gasteiger partial charge is 0.500 e. The number of hydrogen-bond acceptors (Lipinski definition) is 4. The molecule has 2 aromatic rings. The quantitative estimate of drug-likeness (QED) is 0.888. The molecule has 27 heavy (non-hydrogen) atoms. The zero-order valence-electron chi connectivity index (χ0n) is 15.7. The third-order valence-corrected chi connectivity index (χ3v) is 5.27. The van der Waals surface area contributed by atoms with Crippen LogP contribution in [0.15, 0.2) is 53.0 Å². The summed E-state index contributed by atoms with van der Waals surface area (Å²) in [7, 11) is 1.70. The Morgan fingerprint density at radius 1 is 1.22 bits per heavy atom. The summed E-state index contributed by atoms with van der Waals surface area (Å²) in [4.78, 5) is 18.2. The Bertz CT molecular complexity index is 942. The molecule has 0 unspecified atom stereocenters.